The average molecular weight is 152 g/mol. The van der Waals surface area contributed by atoms with E-state index >= 15 is 0 Å². The summed E-state index contributed by atoms with van der Waals surface area (Å²) in [6.45, 7) is 0. The number of thiocarbonyl (C=S) groups is 1. The molecule has 1 rings (SSSR count). The van der Waals surface area contributed by atoms with E-state index in [0.29, 0.717) is 0 Å². The van der Waals surface area contributed by atoms with E-state index in [1.165, 1.54) is 0 Å². The second-order valence-electron chi connectivity index (χ2n) is 1.66. The Morgan fingerprint density at radius 2 is 2.10 bits per heavy atom. The molecule has 1 aromatic heterocycles. The van der Waals surface area contributed by atoms with Crippen LogP contribution in [0.3, 0.4) is 0 Å². The molecule has 10 heavy (non-hydrogen) atoms. The lowest BCUT2D eigenvalue weighted by Crippen LogP contribution is -2.17. The Kier molecular flexibility index (Phi) is 2.17. The van der Waals surface area contributed by atoms with E-state index in [2.05, 4.69) is 22.5 Å². The van der Waals surface area contributed by atoms with Crippen molar-refractivity contribution in [3.05, 3.63) is 24.5 Å². The Balaban J connectivity index is 2.67. The van der Waals surface area contributed by atoms with Crippen LogP contribution in [0, 0.1) is 0 Å². The van der Waals surface area contributed by atoms with Gasteiger partial charge in [-0.3, -0.25) is 4.98 Å². The molecule has 0 aliphatic carbocycles. The summed E-state index contributed by atoms with van der Waals surface area (Å²) < 4.78 is 0. The highest BCUT2D eigenvalue weighted by atomic mass is 32.1. The minimum atomic E-state index is 0.145. The molecule has 0 saturated heterocycles. The van der Waals surface area contributed by atoms with Crippen LogP contribution >= 0.6 is 12.2 Å². The maximum Gasteiger partial charge on any atom is 0.190 e. The zero-order valence-corrected chi connectivity index (χ0v) is 6.01. The number of nitrogens with two attached hydrogens (primary N) is 1. The van der Waals surface area contributed by atoms with Crippen molar-refractivity contribution < 1.29 is 0 Å². The fourth-order valence-electron chi connectivity index (χ4n) is 0.546. The summed E-state index contributed by atoms with van der Waals surface area (Å²) in [7, 11) is 0. The van der Waals surface area contributed by atoms with Crippen molar-refractivity contribution in [1.29, 1.82) is 0 Å². The van der Waals surface area contributed by atoms with Gasteiger partial charge in [-0.15, -0.1) is 0 Å². The van der Waals surface area contributed by atoms with Crippen LogP contribution < -0.4 is 11.1 Å². The third-order valence-corrected chi connectivity index (χ3v) is 0.993. The smallest absolute Gasteiger partial charge is 0.190 e. The van der Waals surface area contributed by atoms with Gasteiger partial charge in [0.25, 0.3) is 0 Å². The van der Waals surface area contributed by atoms with Crippen LogP contribution in [0.1, 0.15) is 0 Å². The second-order valence-corrected chi connectivity index (χ2v) is 2.07. The monoisotopic (exact) mass is 152 g/mol. The number of aromatic nitrogens is 1. The minimum Gasteiger partial charge on any atom is -0.374 e. The third kappa shape index (κ3) is 1.99. The van der Waals surface area contributed by atoms with Gasteiger partial charge in [0.2, 0.25) is 0 Å². The molecule has 0 atom stereocenters. The molecule has 3 nitrogen and oxygen atoms in total. The van der Waals surface area contributed by atoms with Crippen molar-refractivity contribution >= 4 is 23.0 Å². The maximum atomic E-state index is 5.17. The quantitative estimate of drug-likeness (QED) is 0.598. The first-order valence-corrected chi connectivity index (χ1v) is 3.11. The molecule has 0 amide bonds. The summed E-state index contributed by atoms with van der Waals surface area (Å²) in [5.74, 6) is 0. The zero-order valence-electron chi connectivity index (χ0n) is 5.19. The normalized spacial score (nSPS) is 8.80. The van der Waals surface area contributed by atoms with E-state index in [0.717, 1.165) is 5.69 Å². The molecule has 0 saturated carbocycles. The lowest BCUT2D eigenvalue weighted by molar-refractivity contribution is 1.22. The van der Waals surface area contributed by atoms with Gasteiger partial charge in [-0.25, -0.2) is 5.32 Å². The molecule has 1 radical (unpaired) electrons. The van der Waals surface area contributed by atoms with E-state index < -0.39 is 0 Å². The van der Waals surface area contributed by atoms with Crippen LogP contribution in [0.2, 0.25) is 0 Å². The van der Waals surface area contributed by atoms with Crippen LogP contribution in [0.5, 0.6) is 0 Å². The van der Waals surface area contributed by atoms with Gasteiger partial charge in [0.15, 0.2) is 5.11 Å². The molecule has 0 aliphatic rings. The van der Waals surface area contributed by atoms with Crippen LogP contribution in [0.15, 0.2) is 24.5 Å². The molecule has 1 heterocycles. The summed E-state index contributed by atoms with van der Waals surface area (Å²) in [6, 6.07) is 3.47. The highest BCUT2D eigenvalue weighted by Crippen LogP contribution is 2.01. The topological polar surface area (TPSA) is 53.0 Å². The Labute approximate surface area is 64.3 Å². The molecule has 1 aromatic rings. The summed E-state index contributed by atoms with van der Waals surface area (Å²) in [4.78, 5) is 3.81. The average Bonchev–Trinajstić information content (AvgIpc) is 1.88. The Morgan fingerprint density at radius 1 is 1.50 bits per heavy atom. The summed E-state index contributed by atoms with van der Waals surface area (Å²) in [6.07, 6.45) is 3.27. The first-order valence-electron chi connectivity index (χ1n) is 2.70. The predicted molar refractivity (Wildman–Crippen MR) is 42.8 cm³/mol. The molecular weight excluding hydrogens is 146 g/mol. The van der Waals surface area contributed by atoms with Crippen molar-refractivity contribution in [3.8, 4) is 0 Å². The van der Waals surface area contributed by atoms with Crippen molar-refractivity contribution in [2.24, 2.45) is 5.73 Å². The number of hydrogen-bond donors (Lipinski definition) is 1. The van der Waals surface area contributed by atoms with Crippen LogP contribution in [-0.4, -0.2) is 10.1 Å². The molecule has 0 fully saturated rings. The van der Waals surface area contributed by atoms with E-state index in [4.69, 9.17) is 5.73 Å². The summed E-state index contributed by atoms with van der Waals surface area (Å²) >= 11 is 4.57. The van der Waals surface area contributed by atoms with Crippen LogP contribution in [0.25, 0.3) is 0 Å². The van der Waals surface area contributed by atoms with Crippen molar-refractivity contribution in [3.63, 3.8) is 0 Å². The third-order valence-electron chi connectivity index (χ3n) is 0.902. The fourth-order valence-corrected chi connectivity index (χ4v) is 0.651. The molecule has 0 aromatic carbocycles. The molecule has 51 valence electrons. The van der Waals surface area contributed by atoms with Gasteiger partial charge >= 0.3 is 0 Å². The lowest BCUT2D eigenvalue weighted by atomic mass is 10.4. The van der Waals surface area contributed by atoms with E-state index in [1.807, 2.05) is 0 Å². The van der Waals surface area contributed by atoms with Gasteiger partial charge in [-0.1, -0.05) is 0 Å². The highest BCUT2D eigenvalue weighted by molar-refractivity contribution is 7.80. The molecule has 0 unspecified atom stereocenters. The zero-order chi connectivity index (χ0) is 7.40. The standard InChI is InChI=1S/C6H6N3S/c7-6(10)9-5-1-3-8-4-2-5/h1-4H,(H2,7,10). The van der Waals surface area contributed by atoms with Gasteiger partial charge in [0.1, 0.15) is 0 Å². The van der Waals surface area contributed by atoms with E-state index in [1.54, 1.807) is 24.5 Å². The maximum absolute atomic E-state index is 5.17. The number of hydrogen-bond acceptors (Lipinski definition) is 2. The number of rotatable bonds is 1. The predicted octanol–water partition coefficient (Wildman–Crippen LogP) is 0.561. The Hall–Kier alpha value is -1.16. The molecule has 4 heteroatoms. The lowest BCUT2D eigenvalue weighted by Gasteiger charge is -1.96. The molecule has 0 spiro atoms. The largest absolute Gasteiger partial charge is 0.374 e. The van der Waals surface area contributed by atoms with E-state index in [-0.39, 0.29) is 5.11 Å². The second kappa shape index (κ2) is 3.12. The van der Waals surface area contributed by atoms with Crippen molar-refractivity contribution in [2.75, 3.05) is 0 Å². The molecule has 0 bridgehead atoms. The van der Waals surface area contributed by atoms with Crippen molar-refractivity contribution in [1.82, 2.24) is 10.3 Å². The SMILES string of the molecule is NC(=S)[N]c1ccncc1. The first kappa shape index (κ1) is 6.95. The Morgan fingerprint density at radius 3 is 2.60 bits per heavy atom. The minimum absolute atomic E-state index is 0.145. The van der Waals surface area contributed by atoms with Gasteiger partial charge in [-0.05, 0) is 24.4 Å². The number of pyridine rings is 1. The van der Waals surface area contributed by atoms with Gasteiger partial charge < -0.3 is 5.73 Å². The van der Waals surface area contributed by atoms with Gasteiger partial charge in [-0.2, -0.15) is 0 Å². The summed E-state index contributed by atoms with van der Waals surface area (Å²) in [5.41, 5.74) is 5.91. The summed E-state index contributed by atoms with van der Waals surface area (Å²) in [5, 5.41) is 3.97. The van der Waals surface area contributed by atoms with Crippen LogP contribution in [0.4, 0.5) is 5.69 Å². The number of nitrogens with zero attached hydrogens (tertiary/aromatic N) is 2. The van der Waals surface area contributed by atoms with Crippen molar-refractivity contribution in [2.45, 2.75) is 0 Å². The fraction of sp³-hybridized carbons (Fsp3) is 0. The molecule has 0 aliphatic heterocycles. The highest BCUT2D eigenvalue weighted by Gasteiger charge is 1.91. The van der Waals surface area contributed by atoms with Crippen LogP contribution in [-0.2, 0) is 0 Å². The van der Waals surface area contributed by atoms with Gasteiger partial charge in [0, 0.05) is 12.4 Å². The van der Waals surface area contributed by atoms with Gasteiger partial charge in [0.05, 0.1) is 5.69 Å². The molecular formula is C6H6N3S. The molecule has 2 N–H and O–H groups in total. The Bertz CT molecular complexity index is 222. The first-order chi connectivity index (χ1) is 4.79. The van der Waals surface area contributed by atoms with E-state index in [9.17, 15) is 0 Å².